The molecule has 1 N–H and O–H groups in total. The molecule has 0 unspecified atom stereocenters. The normalized spacial score (nSPS) is 18.7. The number of carboxylic acids is 1. The number of hydrogen-bond acceptors (Lipinski definition) is 3. The topological polar surface area (TPSA) is 50.2 Å². The Morgan fingerprint density at radius 1 is 1.12 bits per heavy atom. The van der Waals surface area contributed by atoms with Gasteiger partial charge in [-0.1, -0.05) is 54.6 Å². The zero-order valence-corrected chi connectivity index (χ0v) is 15.5. The van der Waals surface area contributed by atoms with Gasteiger partial charge in [0.05, 0.1) is 21.5 Å². The van der Waals surface area contributed by atoms with Gasteiger partial charge < -0.3 is 5.11 Å². The Morgan fingerprint density at radius 3 is 2.50 bits per heavy atom. The average Bonchev–Trinajstić information content (AvgIpc) is 3.35. The molecule has 1 fully saturated rings. The van der Waals surface area contributed by atoms with Crippen molar-refractivity contribution in [2.75, 3.05) is 0 Å². The summed E-state index contributed by atoms with van der Waals surface area (Å²) in [6.07, 6.45) is 2.75. The zero-order chi connectivity index (χ0) is 18.1. The average molecular weight is 363 g/mol. The molecule has 1 heterocycles. The molecule has 0 amide bonds. The van der Waals surface area contributed by atoms with Gasteiger partial charge in [0.15, 0.2) is 0 Å². The van der Waals surface area contributed by atoms with Crippen molar-refractivity contribution in [3.8, 4) is 21.7 Å². The Bertz CT molecular complexity index is 915. The molecule has 0 saturated heterocycles. The number of benzene rings is 2. The second kappa shape index (κ2) is 7.04. The highest BCUT2D eigenvalue weighted by atomic mass is 32.1. The first kappa shape index (κ1) is 17.0. The standard InChI is InChI=1S/C22H21NO2S/c1-14-23-20(16-5-3-2-4-6-16)21(26-14)17-10-7-15(8-11-17)9-12-18-13-19(18)22(24)25/h2-8,10-11,18-19H,9,12-13H2,1H3,(H,24,25)/t18-,19-/m1/s1. The highest BCUT2D eigenvalue weighted by Gasteiger charge is 2.42. The van der Waals surface area contributed by atoms with Gasteiger partial charge in [-0.05, 0) is 43.2 Å². The monoisotopic (exact) mass is 363 g/mol. The molecule has 26 heavy (non-hydrogen) atoms. The van der Waals surface area contributed by atoms with E-state index < -0.39 is 5.97 Å². The van der Waals surface area contributed by atoms with E-state index in [1.807, 2.05) is 25.1 Å². The molecule has 2 atom stereocenters. The van der Waals surface area contributed by atoms with E-state index in [-0.39, 0.29) is 5.92 Å². The summed E-state index contributed by atoms with van der Waals surface area (Å²) >= 11 is 1.72. The first-order chi connectivity index (χ1) is 12.6. The molecular formula is C22H21NO2S. The molecule has 132 valence electrons. The lowest BCUT2D eigenvalue weighted by Gasteiger charge is -2.05. The minimum atomic E-state index is -0.639. The van der Waals surface area contributed by atoms with Crippen molar-refractivity contribution in [2.45, 2.75) is 26.2 Å². The van der Waals surface area contributed by atoms with E-state index in [1.165, 1.54) is 16.0 Å². The maximum Gasteiger partial charge on any atom is 0.306 e. The number of aliphatic carboxylic acids is 1. The molecule has 0 bridgehead atoms. The molecule has 0 radical (unpaired) electrons. The van der Waals surface area contributed by atoms with Gasteiger partial charge >= 0.3 is 5.97 Å². The number of aromatic nitrogens is 1. The summed E-state index contributed by atoms with van der Waals surface area (Å²) < 4.78 is 0. The second-order valence-corrected chi connectivity index (χ2v) is 8.16. The quantitative estimate of drug-likeness (QED) is 0.634. The molecule has 0 aliphatic heterocycles. The van der Waals surface area contributed by atoms with Crippen LogP contribution in [-0.2, 0) is 11.2 Å². The van der Waals surface area contributed by atoms with Gasteiger partial charge in [-0.15, -0.1) is 11.3 Å². The number of carboxylic acid groups (broad SMARTS) is 1. The fourth-order valence-electron chi connectivity index (χ4n) is 3.46. The van der Waals surface area contributed by atoms with Crippen molar-refractivity contribution in [1.29, 1.82) is 0 Å². The summed E-state index contributed by atoms with van der Waals surface area (Å²) in [7, 11) is 0. The molecule has 4 heteroatoms. The van der Waals surface area contributed by atoms with Gasteiger partial charge in [0.2, 0.25) is 0 Å². The summed E-state index contributed by atoms with van der Waals surface area (Å²) in [6.45, 7) is 2.05. The van der Waals surface area contributed by atoms with E-state index in [1.54, 1.807) is 11.3 Å². The summed E-state index contributed by atoms with van der Waals surface area (Å²) in [5.41, 5.74) is 4.65. The number of rotatable bonds is 6. The van der Waals surface area contributed by atoms with Crippen molar-refractivity contribution in [3.63, 3.8) is 0 Å². The first-order valence-electron chi connectivity index (χ1n) is 8.97. The molecule has 1 aliphatic carbocycles. The largest absolute Gasteiger partial charge is 0.481 e. The molecule has 0 spiro atoms. The fourth-order valence-corrected chi connectivity index (χ4v) is 4.40. The molecule has 4 rings (SSSR count). The molecular weight excluding hydrogens is 342 g/mol. The third-order valence-electron chi connectivity index (χ3n) is 5.04. The minimum absolute atomic E-state index is 0.108. The fraction of sp³-hybridized carbons (Fsp3) is 0.273. The highest BCUT2D eigenvalue weighted by molar-refractivity contribution is 7.15. The van der Waals surface area contributed by atoms with Crippen LogP contribution in [0.1, 0.15) is 23.4 Å². The van der Waals surface area contributed by atoms with Crippen molar-refractivity contribution in [1.82, 2.24) is 4.98 Å². The van der Waals surface area contributed by atoms with E-state index in [0.29, 0.717) is 5.92 Å². The van der Waals surface area contributed by atoms with Crippen molar-refractivity contribution < 1.29 is 9.90 Å². The van der Waals surface area contributed by atoms with Gasteiger partial charge in [-0.25, -0.2) is 4.98 Å². The SMILES string of the molecule is Cc1nc(-c2ccccc2)c(-c2ccc(CC[C@@H]3C[C@H]3C(=O)O)cc2)s1. The summed E-state index contributed by atoms with van der Waals surface area (Å²) in [6, 6.07) is 19.0. The molecule has 2 aromatic carbocycles. The molecule has 3 aromatic rings. The lowest BCUT2D eigenvalue weighted by Crippen LogP contribution is -2.00. The molecule has 3 nitrogen and oxygen atoms in total. The maximum absolute atomic E-state index is 10.9. The van der Waals surface area contributed by atoms with Crippen LogP contribution >= 0.6 is 11.3 Å². The van der Waals surface area contributed by atoms with Gasteiger partial charge in [-0.2, -0.15) is 0 Å². The lowest BCUT2D eigenvalue weighted by molar-refractivity contribution is -0.138. The van der Waals surface area contributed by atoms with Crippen LogP contribution in [0.15, 0.2) is 54.6 Å². The van der Waals surface area contributed by atoms with E-state index in [9.17, 15) is 4.79 Å². The molecule has 1 aromatic heterocycles. The van der Waals surface area contributed by atoms with Gasteiger partial charge in [0.1, 0.15) is 0 Å². The van der Waals surface area contributed by atoms with E-state index in [4.69, 9.17) is 10.1 Å². The third-order valence-corrected chi connectivity index (χ3v) is 6.06. The molecule has 1 saturated carbocycles. The highest BCUT2D eigenvalue weighted by Crippen LogP contribution is 2.42. The zero-order valence-electron chi connectivity index (χ0n) is 14.7. The van der Waals surface area contributed by atoms with Crippen LogP contribution in [0.25, 0.3) is 21.7 Å². The third kappa shape index (κ3) is 3.56. The smallest absolute Gasteiger partial charge is 0.306 e. The van der Waals surface area contributed by atoms with Crippen molar-refractivity contribution >= 4 is 17.3 Å². The second-order valence-electron chi connectivity index (χ2n) is 6.95. The summed E-state index contributed by atoms with van der Waals surface area (Å²) in [5.74, 6) is -0.386. The Labute approximate surface area is 157 Å². The van der Waals surface area contributed by atoms with Crippen LogP contribution in [-0.4, -0.2) is 16.1 Å². The van der Waals surface area contributed by atoms with Crippen LogP contribution in [0.3, 0.4) is 0 Å². The predicted molar refractivity (Wildman–Crippen MR) is 105 cm³/mol. The van der Waals surface area contributed by atoms with Gasteiger partial charge in [0, 0.05) is 5.56 Å². The number of nitrogens with zero attached hydrogens (tertiary/aromatic N) is 1. The van der Waals surface area contributed by atoms with Crippen molar-refractivity contribution in [3.05, 3.63) is 65.2 Å². The Morgan fingerprint density at radius 2 is 1.85 bits per heavy atom. The number of carbonyl (C=O) groups is 1. The molecule has 1 aliphatic rings. The number of thiazole rings is 1. The van der Waals surface area contributed by atoms with E-state index >= 15 is 0 Å². The maximum atomic E-state index is 10.9. The van der Waals surface area contributed by atoms with E-state index in [0.717, 1.165) is 35.5 Å². The van der Waals surface area contributed by atoms with Crippen LogP contribution in [0.5, 0.6) is 0 Å². The minimum Gasteiger partial charge on any atom is -0.481 e. The number of hydrogen-bond donors (Lipinski definition) is 1. The van der Waals surface area contributed by atoms with Crippen LogP contribution in [0.4, 0.5) is 0 Å². The van der Waals surface area contributed by atoms with Gasteiger partial charge in [0.25, 0.3) is 0 Å². The summed E-state index contributed by atoms with van der Waals surface area (Å²) in [5, 5.41) is 10.1. The van der Waals surface area contributed by atoms with E-state index in [2.05, 4.69) is 36.4 Å². The Kier molecular flexibility index (Phi) is 4.60. The predicted octanol–water partition coefficient (Wildman–Crippen LogP) is 5.44. The Balaban J connectivity index is 1.50. The first-order valence-corrected chi connectivity index (χ1v) is 9.78. The Hall–Kier alpha value is -2.46. The summed E-state index contributed by atoms with van der Waals surface area (Å²) in [4.78, 5) is 16.9. The van der Waals surface area contributed by atoms with Gasteiger partial charge in [-0.3, -0.25) is 4.79 Å². The van der Waals surface area contributed by atoms with Crippen LogP contribution in [0, 0.1) is 18.8 Å². The van der Waals surface area contributed by atoms with Crippen LogP contribution in [0.2, 0.25) is 0 Å². The number of aryl methyl sites for hydroxylation is 2. The lowest BCUT2D eigenvalue weighted by atomic mass is 10.0. The van der Waals surface area contributed by atoms with Crippen molar-refractivity contribution in [2.24, 2.45) is 11.8 Å². The van der Waals surface area contributed by atoms with Crippen LogP contribution < -0.4 is 0 Å².